The van der Waals surface area contributed by atoms with E-state index in [-0.39, 0.29) is 42.5 Å². The number of amides is 2. The highest BCUT2D eigenvalue weighted by molar-refractivity contribution is 5.85. The standard InChI is InChI=1S/C16H24N6O4.ClH/c1-12-18-14(22(25)26)11-19(12)7-4-15(23)20-6-2-3-13(10-20)21-8-5-17-9-16(21)24;/h11,13,17H,2-10H2,1H3;1H. The SMILES string of the molecule is Cc1nc([N+](=O)[O-])cn1CCC(=O)N1CCCC(N2CCNCC2=O)C1.Cl. The predicted octanol–water partition coefficient (Wildman–Crippen LogP) is 0.334. The number of aryl methyl sites for hydroxylation is 2. The second-order valence-corrected chi connectivity index (χ2v) is 6.75. The van der Waals surface area contributed by atoms with E-state index in [4.69, 9.17) is 0 Å². The summed E-state index contributed by atoms with van der Waals surface area (Å²) in [5.74, 6) is 0.419. The molecule has 2 amide bonds. The monoisotopic (exact) mass is 400 g/mol. The molecule has 3 heterocycles. The summed E-state index contributed by atoms with van der Waals surface area (Å²) in [6.45, 7) is 5.14. The van der Waals surface area contributed by atoms with Crippen molar-refractivity contribution in [1.82, 2.24) is 24.7 Å². The number of imidazole rings is 1. The van der Waals surface area contributed by atoms with Gasteiger partial charge in [-0.05, 0) is 22.7 Å². The van der Waals surface area contributed by atoms with Crippen molar-refractivity contribution in [2.24, 2.45) is 0 Å². The van der Waals surface area contributed by atoms with E-state index in [0.717, 1.165) is 19.4 Å². The normalized spacial score (nSPS) is 20.3. The van der Waals surface area contributed by atoms with Gasteiger partial charge in [-0.25, -0.2) is 0 Å². The quantitative estimate of drug-likeness (QED) is 0.563. The first kappa shape index (κ1) is 21.1. The molecule has 1 unspecified atom stereocenters. The number of piperidine rings is 1. The van der Waals surface area contributed by atoms with Crippen molar-refractivity contribution in [2.45, 2.75) is 38.8 Å². The fourth-order valence-electron chi connectivity index (χ4n) is 3.62. The van der Waals surface area contributed by atoms with Crippen LogP contribution in [0.3, 0.4) is 0 Å². The third kappa shape index (κ3) is 4.95. The van der Waals surface area contributed by atoms with Crippen LogP contribution in [0.15, 0.2) is 6.20 Å². The number of hydrogen-bond donors (Lipinski definition) is 1. The van der Waals surface area contributed by atoms with Gasteiger partial charge < -0.3 is 29.8 Å². The molecule has 10 nitrogen and oxygen atoms in total. The van der Waals surface area contributed by atoms with Crippen LogP contribution < -0.4 is 5.32 Å². The molecule has 27 heavy (non-hydrogen) atoms. The van der Waals surface area contributed by atoms with E-state index in [1.807, 2.05) is 9.80 Å². The zero-order chi connectivity index (χ0) is 18.7. The Kier molecular flexibility index (Phi) is 7.14. The molecule has 0 bridgehead atoms. The topological polar surface area (TPSA) is 114 Å². The first-order valence-corrected chi connectivity index (χ1v) is 8.92. The second-order valence-electron chi connectivity index (χ2n) is 6.75. The Morgan fingerprint density at radius 3 is 2.89 bits per heavy atom. The highest BCUT2D eigenvalue weighted by Crippen LogP contribution is 2.18. The van der Waals surface area contributed by atoms with E-state index in [1.54, 1.807) is 11.5 Å². The Morgan fingerprint density at radius 2 is 2.22 bits per heavy atom. The average Bonchev–Trinajstić information content (AvgIpc) is 3.01. The summed E-state index contributed by atoms with van der Waals surface area (Å²) in [4.78, 5) is 42.5. The lowest BCUT2D eigenvalue weighted by atomic mass is 10.0. The summed E-state index contributed by atoms with van der Waals surface area (Å²) in [6.07, 6.45) is 3.42. The highest BCUT2D eigenvalue weighted by Gasteiger charge is 2.31. The van der Waals surface area contributed by atoms with E-state index in [0.29, 0.717) is 38.5 Å². The van der Waals surface area contributed by atoms with Crippen LogP contribution in [0.25, 0.3) is 0 Å². The molecule has 2 aliphatic heterocycles. The minimum atomic E-state index is -0.537. The summed E-state index contributed by atoms with van der Waals surface area (Å²) >= 11 is 0. The van der Waals surface area contributed by atoms with E-state index in [9.17, 15) is 19.7 Å². The Labute approximate surface area is 163 Å². The number of hydrogen-bond acceptors (Lipinski definition) is 6. The molecule has 1 N–H and O–H groups in total. The van der Waals surface area contributed by atoms with Crippen LogP contribution in [0, 0.1) is 17.0 Å². The molecular weight excluding hydrogens is 376 g/mol. The molecule has 0 aromatic carbocycles. The Balaban J connectivity index is 0.00000261. The van der Waals surface area contributed by atoms with Crippen molar-refractivity contribution >= 4 is 30.0 Å². The molecule has 0 saturated carbocycles. The maximum Gasteiger partial charge on any atom is 0.381 e. The van der Waals surface area contributed by atoms with Crippen molar-refractivity contribution in [3.8, 4) is 0 Å². The predicted molar refractivity (Wildman–Crippen MR) is 99.7 cm³/mol. The molecule has 0 aliphatic carbocycles. The molecule has 1 atom stereocenters. The maximum atomic E-state index is 12.6. The smallest absolute Gasteiger partial charge is 0.358 e. The van der Waals surface area contributed by atoms with Crippen molar-refractivity contribution in [3.63, 3.8) is 0 Å². The van der Waals surface area contributed by atoms with Crippen LogP contribution in [0.2, 0.25) is 0 Å². The molecule has 2 saturated heterocycles. The van der Waals surface area contributed by atoms with E-state index >= 15 is 0 Å². The molecule has 0 spiro atoms. The van der Waals surface area contributed by atoms with Gasteiger partial charge in [0.1, 0.15) is 6.20 Å². The Morgan fingerprint density at radius 1 is 1.44 bits per heavy atom. The van der Waals surface area contributed by atoms with Gasteiger partial charge in [0.2, 0.25) is 17.6 Å². The van der Waals surface area contributed by atoms with Gasteiger partial charge in [-0.3, -0.25) is 9.59 Å². The number of rotatable bonds is 5. The number of aromatic nitrogens is 2. The van der Waals surface area contributed by atoms with Gasteiger partial charge in [-0.2, -0.15) is 0 Å². The molecule has 1 aromatic heterocycles. The van der Waals surface area contributed by atoms with Crippen molar-refractivity contribution in [1.29, 1.82) is 0 Å². The van der Waals surface area contributed by atoms with Gasteiger partial charge in [-0.15, -0.1) is 12.4 Å². The van der Waals surface area contributed by atoms with Crippen LogP contribution in [-0.4, -0.2) is 74.9 Å². The van der Waals surface area contributed by atoms with Crippen LogP contribution in [0.5, 0.6) is 0 Å². The molecule has 2 fully saturated rings. The fraction of sp³-hybridized carbons (Fsp3) is 0.688. The average molecular weight is 401 g/mol. The largest absolute Gasteiger partial charge is 0.381 e. The highest BCUT2D eigenvalue weighted by atomic mass is 35.5. The van der Waals surface area contributed by atoms with Crippen LogP contribution >= 0.6 is 12.4 Å². The van der Waals surface area contributed by atoms with E-state index in [2.05, 4.69) is 10.3 Å². The summed E-state index contributed by atoms with van der Waals surface area (Å²) in [6, 6.07) is 0.0818. The van der Waals surface area contributed by atoms with Crippen LogP contribution in [0.4, 0.5) is 5.82 Å². The summed E-state index contributed by atoms with van der Waals surface area (Å²) in [5.41, 5.74) is 0. The Bertz CT molecular complexity index is 709. The van der Waals surface area contributed by atoms with Crippen molar-refractivity contribution in [2.75, 3.05) is 32.7 Å². The number of carbonyl (C=O) groups excluding carboxylic acids is 2. The number of nitrogens with zero attached hydrogens (tertiary/aromatic N) is 5. The van der Waals surface area contributed by atoms with Gasteiger partial charge in [0.15, 0.2) is 0 Å². The fourth-order valence-corrected chi connectivity index (χ4v) is 3.62. The second kappa shape index (κ2) is 9.14. The molecule has 1 aromatic rings. The lowest BCUT2D eigenvalue weighted by Gasteiger charge is -2.41. The Hall–Kier alpha value is -2.20. The van der Waals surface area contributed by atoms with Gasteiger partial charge in [0.05, 0.1) is 6.54 Å². The summed E-state index contributed by atoms with van der Waals surface area (Å²) in [5, 5.41) is 13.8. The van der Waals surface area contributed by atoms with Gasteiger partial charge in [-0.1, -0.05) is 0 Å². The lowest BCUT2D eigenvalue weighted by molar-refractivity contribution is -0.389. The van der Waals surface area contributed by atoms with Crippen LogP contribution in [0.1, 0.15) is 25.1 Å². The minimum absolute atomic E-state index is 0. The molecule has 2 aliphatic rings. The minimum Gasteiger partial charge on any atom is -0.358 e. The number of carbonyl (C=O) groups is 2. The maximum absolute atomic E-state index is 12.6. The molecule has 3 rings (SSSR count). The summed E-state index contributed by atoms with van der Waals surface area (Å²) < 4.78 is 1.64. The molecule has 150 valence electrons. The molecular formula is C16H25ClN6O4. The molecule has 0 radical (unpaired) electrons. The number of nitrogens with one attached hydrogen (secondary N) is 1. The third-order valence-electron chi connectivity index (χ3n) is 5.03. The van der Waals surface area contributed by atoms with Gasteiger partial charge in [0, 0.05) is 52.1 Å². The number of likely N-dealkylation sites (tertiary alicyclic amines) is 1. The zero-order valence-electron chi connectivity index (χ0n) is 15.3. The number of nitro groups is 1. The first-order valence-electron chi connectivity index (χ1n) is 8.92. The molecule has 11 heteroatoms. The zero-order valence-corrected chi connectivity index (χ0v) is 16.1. The lowest BCUT2D eigenvalue weighted by Crippen LogP contribution is -2.57. The number of halogens is 1. The van der Waals surface area contributed by atoms with E-state index < -0.39 is 4.92 Å². The third-order valence-corrected chi connectivity index (χ3v) is 5.03. The van der Waals surface area contributed by atoms with Crippen LogP contribution in [-0.2, 0) is 16.1 Å². The van der Waals surface area contributed by atoms with Gasteiger partial charge >= 0.3 is 5.82 Å². The number of piperazine rings is 1. The first-order chi connectivity index (χ1) is 12.5. The van der Waals surface area contributed by atoms with E-state index in [1.165, 1.54) is 6.20 Å². The van der Waals surface area contributed by atoms with Crippen molar-refractivity contribution < 1.29 is 14.5 Å². The van der Waals surface area contributed by atoms with Gasteiger partial charge in [0.25, 0.3) is 0 Å². The van der Waals surface area contributed by atoms with Crippen molar-refractivity contribution in [3.05, 3.63) is 22.1 Å². The summed E-state index contributed by atoms with van der Waals surface area (Å²) in [7, 11) is 0.